The number of hydrogen-bond acceptors (Lipinski definition) is 4. The number of nitrogens with zero attached hydrogens (tertiary/aromatic N) is 1. The van der Waals surface area contributed by atoms with Gasteiger partial charge in [0.1, 0.15) is 5.01 Å². The molecule has 0 aliphatic rings. The number of rotatable bonds is 2. The highest BCUT2D eigenvalue weighted by molar-refractivity contribution is 7.09. The summed E-state index contributed by atoms with van der Waals surface area (Å²) in [6.45, 7) is 2.50. The third kappa shape index (κ3) is 3.19. The third-order valence-corrected chi connectivity index (χ3v) is 2.45. The second-order valence-corrected chi connectivity index (χ2v) is 3.75. The van der Waals surface area contributed by atoms with Gasteiger partial charge in [-0.05, 0) is 6.92 Å². The van der Waals surface area contributed by atoms with Crippen LogP contribution >= 0.6 is 11.3 Å². The van der Waals surface area contributed by atoms with E-state index in [0.29, 0.717) is 5.69 Å². The molecule has 0 saturated carbocycles. The van der Waals surface area contributed by atoms with Gasteiger partial charge in [-0.15, -0.1) is 11.3 Å². The minimum absolute atomic E-state index is 0.254. The monoisotopic (exact) mass is 239 g/mol. The fraction of sp³-hybridized carbons (Fsp3) is 0.500. The summed E-state index contributed by atoms with van der Waals surface area (Å²) in [5.74, 6) is -0.981. The van der Waals surface area contributed by atoms with Crippen LogP contribution in [0, 0.1) is 6.92 Å². The van der Waals surface area contributed by atoms with Gasteiger partial charge in [0.2, 0.25) is 6.10 Å². The Labute approximate surface area is 87.9 Å². The molecule has 1 aromatic heterocycles. The summed E-state index contributed by atoms with van der Waals surface area (Å²) < 4.78 is 41.6. The Balaban J connectivity index is 2.96. The molecule has 0 aliphatic heterocycles. The molecule has 1 rings (SSSR count). The van der Waals surface area contributed by atoms with E-state index in [1.807, 2.05) is 0 Å². The van der Waals surface area contributed by atoms with Crippen molar-refractivity contribution in [1.82, 2.24) is 4.98 Å². The first-order valence-corrected chi connectivity index (χ1v) is 4.84. The summed E-state index contributed by atoms with van der Waals surface area (Å²) in [6.07, 6.45) is -6.88. The number of esters is 1. The van der Waals surface area contributed by atoms with Crippen molar-refractivity contribution in [1.29, 1.82) is 0 Å². The summed E-state index contributed by atoms with van der Waals surface area (Å²) in [6, 6.07) is 0. The van der Waals surface area contributed by atoms with Crippen molar-refractivity contribution in [3.8, 4) is 0 Å². The van der Waals surface area contributed by atoms with Gasteiger partial charge in [0.25, 0.3) is 0 Å². The van der Waals surface area contributed by atoms with Crippen LogP contribution in [0.4, 0.5) is 13.2 Å². The van der Waals surface area contributed by atoms with Crippen LogP contribution in [0.3, 0.4) is 0 Å². The van der Waals surface area contributed by atoms with Crippen LogP contribution in [0.5, 0.6) is 0 Å². The largest absolute Gasteiger partial charge is 0.445 e. The fourth-order valence-corrected chi connectivity index (χ4v) is 1.76. The number of ether oxygens (including phenoxy) is 1. The van der Waals surface area contributed by atoms with E-state index in [1.165, 1.54) is 5.38 Å². The van der Waals surface area contributed by atoms with Gasteiger partial charge >= 0.3 is 12.1 Å². The van der Waals surface area contributed by atoms with E-state index in [1.54, 1.807) is 6.92 Å². The Hall–Kier alpha value is -1.11. The number of aromatic nitrogens is 1. The van der Waals surface area contributed by atoms with Crippen LogP contribution in [-0.2, 0) is 9.53 Å². The maximum atomic E-state index is 12.5. The van der Waals surface area contributed by atoms with Gasteiger partial charge in [-0.3, -0.25) is 4.79 Å². The quantitative estimate of drug-likeness (QED) is 0.745. The third-order valence-electron chi connectivity index (χ3n) is 1.44. The van der Waals surface area contributed by atoms with Crippen molar-refractivity contribution in [3.05, 3.63) is 16.1 Å². The molecule has 84 valence electrons. The standard InChI is InChI=1S/C8H8F3NO2S/c1-4-3-15-7(12-4)6(8(9,10)11)14-5(2)13/h3,6H,1-2H3/t6-/m1/s1. The molecule has 7 heteroatoms. The smallest absolute Gasteiger partial charge is 0.432 e. The lowest BCUT2D eigenvalue weighted by molar-refractivity contribution is -0.222. The molecule has 0 spiro atoms. The topological polar surface area (TPSA) is 39.2 Å². The first-order chi connectivity index (χ1) is 6.80. The molecule has 1 heterocycles. The van der Waals surface area contributed by atoms with Gasteiger partial charge in [-0.1, -0.05) is 0 Å². The molecule has 0 amide bonds. The van der Waals surface area contributed by atoms with E-state index in [4.69, 9.17) is 0 Å². The molecule has 0 aromatic carbocycles. The number of carbonyl (C=O) groups excluding carboxylic acids is 1. The van der Waals surface area contributed by atoms with E-state index < -0.39 is 18.2 Å². The maximum absolute atomic E-state index is 12.5. The lowest BCUT2D eigenvalue weighted by Crippen LogP contribution is -2.25. The molecule has 1 atom stereocenters. The Morgan fingerprint density at radius 3 is 2.53 bits per heavy atom. The lowest BCUT2D eigenvalue weighted by Gasteiger charge is -2.17. The highest BCUT2D eigenvalue weighted by Crippen LogP contribution is 2.37. The average molecular weight is 239 g/mol. The minimum atomic E-state index is -4.63. The van der Waals surface area contributed by atoms with Crippen LogP contribution in [0.2, 0.25) is 0 Å². The number of hydrogen-bond donors (Lipinski definition) is 0. The SMILES string of the molecule is CC(=O)O[C@H](c1nc(C)cs1)C(F)(F)F. The Morgan fingerprint density at radius 1 is 1.60 bits per heavy atom. The van der Waals surface area contributed by atoms with Crippen LogP contribution in [0.25, 0.3) is 0 Å². The Morgan fingerprint density at radius 2 is 2.20 bits per heavy atom. The summed E-state index contributed by atoms with van der Waals surface area (Å²) >= 11 is 0.818. The number of aryl methyl sites for hydroxylation is 1. The normalized spacial score (nSPS) is 13.7. The fourth-order valence-electron chi connectivity index (χ4n) is 0.916. The van der Waals surface area contributed by atoms with E-state index >= 15 is 0 Å². The van der Waals surface area contributed by atoms with Crippen molar-refractivity contribution in [2.45, 2.75) is 26.1 Å². The summed E-state index contributed by atoms with van der Waals surface area (Å²) in [4.78, 5) is 14.2. The van der Waals surface area contributed by atoms with Gasteiger partial charge in [0.05, 0.1) is 0 Å². The molecule has 0 aliphatic carbocycles. The molecular weight excluding hydrogens is 231 g/mol. The number of halogens is 3. The van der Waals surface area contributed by atoms with E-state index in [9.17, 15) is 18.0 Å². The molecule has 0 saturated heterocycles. The highest BCUT2D eigenvalue weighted by atomic mass is 32.1. The molecule has 0 bridgehead atoms. The molecular formula is C8H8F3NO2S. The predicted octanol–water partition coefficient (Wildman–Crippen LogP) is 2.62. The van der Waals surface area contributed by atoms with Crippen molar-refractivity contribution in [2.75, 3.05) is 0 Å². The number of carbonyl (C=O) groups is 1. The Kier molecular flexibility index (Phi) is 3.33. The van der Waals surface area contributed by atoms with Crippen LogP contribution in [0.15, 0.2) is 5.38 Å². The zero-order valence-electron chi connectivity index (χ0n) is 7.96. The van der Waals surface area contributed by atoms with Gasteiger partial charge in [0, 0.05) is 18.0 Å². The van der Waals surface area contributed by atoms with Crippen molar-refractivity contribution < 1.29 is 22.7 Å². The van der Waals surface area contributed by atoms with Gasteiger partial charge in [-0.25, -0.2) is 4.98 Å². The summed E-state index contributed by atoms with van der Waals surface area (Å²) in [5, 5.41) is 1.22. The molecule has 3 nitrogen and oxygen atoms in total. The zero-order valence-corrected chi connectivity index (χ0v) is 8.78. The van der Waals surface area contributed by atoms with E-state index in [-0.39, 0.29) is 5.01 Å². The van der Waals surface area contributed by atoms with E-state index in [2.05, 4.69) is 9.72 Å². The molecule has 0 unspecified atom stereocenters. The molecule has 0 fully saturated rings. The van der Waals surface area contributed by atoms with E-state index in [0.717, 1.165) is 18.3 Å². The molecule has 0 radical (unpaired) electrons. The first kappa shape index (κ1) is 12.0. The first-order valence-electron chi connectivity index (χ1n) is 3.96. The highest BCUT2D eigenvalue weighted by Gasteiger charge is 2.45. The van der Waals surface area contributed by atoms with Crippen LogP contribution < -0.4 is 0 Å². The van der Waals surface area contributed by atoms with Gasteiger partial charge in [-0.2, -0.15) is 13.2 Å². The number of thiazole rings is 1. The minimum Gasteiger partial charge on any atom is -0.445 e. The second-order valence-electron chi connectivity index (χ2n) is 2.86. The van der Waals surface area contributed by atoms with Crippen LogP contribution in [-0.4, -0.2) is 17.1 Å². The summed E-state index contributed by atoms with van der Waals surface area (Å²) in [7, 11) is 0. The van der Waals surface area contributed by atoms with Gasteiger partial charge < -0.3 is 4.74 Å². The number of alkyl halides is 3. The lowest BCUT2D eigenvalue weighted by atomic mass is 10.3. The maximum Gasteiger partial charge on any atom is 0.432 e. The van der Waals surface area contributed by atoms with Crippen molar-refractivity contribution in [2.24, 2.45) is 0 Å². The second kappa shape index (κ2) is 4.18. The average Bonchev–Trinajstić information content (AvgIpc) is 2.45. The van der Waals surface area contributed by atoms with Crippen LogP contribution in [0.1, 0.15) is 23.7 Å². The van der Waals surface area contributed by atoms with Crippen molar-refractivity contribution >= 4 is 17.3 Å². The Bertz CT molecular complexity index is 361. The van der Waals surface area contributed by atoms with Gasteiger partial charge in [0.15, 0.2) is 0 Å². The molecule has 15 heavy (non-hydrogen) atoms. The summed E-state index contributed by atoms with van der Waals surface area (Å²) in [5.41, 5.74) is 0.469. The predicted molar refractivity (Wildman–Crippen MR) is 47.4 cm³/mol. The molecule has 1 aromatic rings. The molecule has 0 N–H and O–H groups in total. The van der Waals surface area contributed by atoms with Crippen molar-refractivity contribution in [3.63, 3.8) is 0 Å². The zero-order chi connectivity index (χ0) is 11.6.